The van der Waals surface area contributed by atoms with Crippen molar-refractivity contribution in [3.63, 3.8) is 0 Å². The standard InChI is InChI=1S/C14H16N4O3/c19-12(20)9-18-7-4-11-10(13(18)21)8-15-14(16-11)17-5-2-1-3-6-17/h4,7-8H,1-3,5-6,9H2,(H,19,20). The van der Waals surface area contributed by atoms with Crippen LogP contribution in [0.25, 0.3) is 10.9 Å². The van der Waals surface area contributed by atoms with Crippen LogP contribution in [-0.4, -0.2) is 38.7 Å². The van der Waals surface area contributed by atoms with Gasteiger partial charge in [-0.25, -0.2) is 9.97 Å². The zero-order valence-corrected chi connectivity index (χ0v) is 11.5. The third-order valence-electron chi connectivity index (χ3n) is 3.65. The maximum Gasteiger partial charge on any atom is 0.323 e. The van der Waals surface area contributed by atoms with Gasteiger partial charge in [0.1, 0.15) is 6.54 Å². The van der Waals surface area contributed by atoms with E-state index < -0.39 is 5.97 Å². The van der Waals surface area contributed by atoms with E-state index in [0.717, 1.165) is 30.5 Å². The van der Waals surface area contributed by atoms with Crippen LogP contribution in [-0.2, 0) is 11.3 Å². The van der Waals surface area contributed by atoms with Crippen LogP contribution in [0.3, 0.4) is 0 Å². The topological polar surface area (TPSA) is 88.3 Å². The highest BCUT2D eigenvalue weighted by atomic mass is 16.4. The number of nitrogens with zero attached hydrogens (tertiary/aromatic N) is 4. The molecule has 1 N–H and O–H groups in total. The van der Waals surface area contributed by atoms with Crippen molar-refractivity contribution in [2.75, 3.05) is 18.0 Å². The largest absolute Gasteiger partial charge is 0.480 e. The molecular weight excluding hydrogens is 272 g/mol. The Kier molecular flexibility index (Phi) is 3.55. The average molecular weight is 288 g/mol. The Morgan fingerprint density at radius 2 is 2.05 bits per heavy atom. The van der Waals surface area contributed by atoms with E-state index in [0.29, 0.717) is 16.9 Å². The number of hydrogen-bond donors (Lipinski definition) is 1. The van der Waals surface area contributed by atoms with Gasteiger partial charge in [-0.05, 0) is 25.3 Å². The first-order valence-corrected chi connectivity index (χ1v) is 6.98. The summed E-state index contributed by atoms with van der Waals surface area (Å²) in [5, 5.41) is 9.13. The molecule has 2 aromatic rings. The highest BCUT2D eigenvalue weighted by Gasteiger charge is 2.15. The lowest BCUT2D eigenvalue weighted by atomic mass is 10.1. The molecule has 0 aromatic carbocycles. The summed E-state index contributed by atoms with van der Waals surface area (Å²) in [7, 11) is 0. The van der Waals surface area contributed by atoms with Crippen LogP contribution in [0.5, 0.6) is 0 Å². The monoisotopic (exact) mass is 288 g/mol. The van der Waals surface area contributed by atoms with Crippen LogP contribution >= 0.6 is 0 Å². The van der Waals surface area contributed by atoms with Crippen molar-refractivity contribution in [1.29, 1.82) is 0 Å². The summed E-state index contributed by atoms with van der Waals surface area (Å²) in [6.45, 7) is 1.51. The Labute approximate surface area is 120 Å². The molecule has 2 aromatic heterocycles. The lowest BCUT2D eigenvalue weighted by molar-refractivity contribution is -0.137. The molecule has 1 saturated heterocycles. The first kappa shape index (κ1) is 13.5. The van der Waals surface area contributed by atoms with Crippen LogP contribution in [0.15, 0.2) is 23.3 Å². The van der Waals surface area contributed by atoms with Crippen molar-refractivity contribution < 1.29 is 9.90 Å². The maximum atomic E-state index is 12.2. The zero-order valence-electron chi connectivity index (χ0n) is 11.5. The van der Waals surface area contributed by atoms with E-state index in [4.69, 9.17) is 5.11 Å². The van der Waals surface area contributed by atoms with E-state index >= 15 is 0 Å². The van der Waals surface area contributed by atoms with Crippen LogP contribution in [0.4, 0.5) is 5.95 Å². The van der Waals surface area contributed by atoms with Crippen molar-refractivity contribution in [3.05, 3.63) is 28.8 Å². The van der Waals surface area contributed by atoms with Crippen LogP contribution in [0.1, 0.15) is 19.3 Å². The second-order valence-corrected chi connectivity index (χ2v) is 5.16. The highest BCUT2D eigenvalue weighted by Crippen LogP contribution is 2.17. The molecule has 0 amide bonds. The number of piperidine rings is 1. The van der Waals surface area contributed by atoms with Crippen molar-refractivity contribution in [2.45, 2.75) is 25.8 Å². The molecule has 0 unspecified atom stereocenters. The van der Waals surface area contributed by atoms with Gasteiger partial charge in [-0.15, -0.1) is 0 Å². The molecule has 110 valence electrons. The predicted octanol–water partition coefficient (Wildman–Crippen LogP) is 0.866. The number of fused-ring (bicyclic) bond motifs is 1. The fraction of sp³-hybridized carbons (Fsp3) is 0.429. The number of carboxylic acids is 1. The van der Waals surface area contributed by atoms with Gasteiger partial charge in [0.2, 0.25) is 5.95 Å². The molecule has 0 saturated carbocycles. The molecule has 3 heterocycles. The molecule has 1 fully saturated rings. The molecule has 3 rings (SSSR count). The summed E-state index contributed by atoms with van der Waals surface area (Å²) in [5.41, 5.74) is 0.178. The second-order valence-electron chi connectivity index (χ2n) is 5.16. The molecule has 1 aliphatic rings. The van der Waals surface area contributed by atoms with Gasteiger partial charge in [0, 0.05) is 25.5 Å². The molecule has 0 spiro atoms. The van der Waals surface area contributed by atoms with Crippen molar-refractivity contribution in [3.8, 4) is 0 Å². The highest BCUT2D eigenvalue weighted by molar-refractivity contribution is 5.78. The molecular formula is C14H16N4O3. The van der Waals surface area contributed by atoms with Gasteiger partial charge in [0.05, 0.1) is 10.9 Å². The normalized spacial score (nSPS) is 15.3. The summed E-state index contributed by atoms with van der Waals surface area (Å²) < 4.78 is 1.15. The number of anilines is 1. The SMILES string of the molecule is O=C(O)Cn1ccc2nc(N3CCCCC3)ncc2c1=O. The van der Waals surface area contributed by atoms with Crippen LogP contribution in [0.2, 0.25) is 0 Å². The molecule has 21 heavy (non-hydrogen) atoms. The van der Waals surface area contributed by atoms with Gasteiger partial charge in [-0.1, -0.05) is 0 Å². The Bertz CT molecular complexity index is 735. The Balaban J connectivity index is 1.99. The quantitative estimate of drug-likeness (QED) is 0.901. The minimum Gasteiger partial charge on any atom is -0.480 e. The van der Waals surface area contributed by atoms with E-state index in [-0.39, 0.29) is 12.1 Å². The smallest absolute Gasteiger partial charge is 0.323 e. The summed E-state index contributed by atoms with van der Waals surface area (Å²) in [6, 6.07) is 1.66. The number of aliphatic carboxylic acids is 1. The molecule has 0 atom stereocenters. The Hall–Kier alpha value is -2.44. The zero-order chi connectivity index (χ0) is 14.8. The summed E-state index contributed by atoms with van der Waals surface area (Å²) in [4.78, 5) is 33.7. The lowest BCUT2D eigenvalue weighted by Crippen LogP contribution is -2.31. The number of pyridine rings is 1. The molecule has 7 nitrogen and oxygen atoms in total. The third kappa shape index (κ3) is 2.72. The Morgan fingerprint density at radius 1 is 1.29 bits per heavy atom. The van der Waals surface area contributed by atoms with E-state index in [1.54, 1.807) is 6.07 Å². The van der Waals surface area contributed by atoms with E-state index in [2.05, 4.69) is 14.9 Å². The molecule has 0 bridgehead atoms. The summed E-state index contributed by atoms with van der Waals surface area (Å²) in [6.07, 6.45) is 6.44. The van der Waals surface area contributed by atoms with Crippen LogP contribution in [0, 0.1) is 0 Å². The van der Waals surface area contributed by atoms with E-state index in [1.165, 1.54) is 18.8 Å². The van der Waals surface area contributed by atoms with Gasteiger partial charge in [0.25, 0.3) is 5.56 Å². The van der Waals surface area contributed by atoms with E-state index in [9.17, 15) is 9.59 Å². The van der Waals surface area contributed by atoms with Crippen molar-refractivity contribution in [1.82, 2.24) is 14.5 Å². The second kappa shape index (κ2) is 5.51. The third-order valence-corrected chi connectivity index (χ3v) is 3.65. The van der Waals surface area contributed by atoms with Gasteiger partial charge in [-0.3, -0.25) is 9.59 Å². The number of rotatable bonds is 3. The predicted molar refractivity (Wildman–Crippen MR) is 77.5 cm³/mol. The minimum absolute atomic E-state index is 0.347. The molecule has 0 aliphatic carbocycles. The molecule has 7 heteroatoms. The number of carboxylic acid groups (broad SMARTS) is 1. The fourth-order valence-electron chi connectivity index (χ4n) is 2.58. The lowest BCUT2D eigenvalue weighted by Gasteiger charge is -2.26. The maximum absolute atomic E-state index is 12.2. The van der Waals surface area contributed by atoms with Crippen LogP contribution < -0.4 is 10.5 Å². The van der Waals surface area contributed by atoms with Gasteiger partial charge in [-0.2, -0.15) is 0 Å². The first-order valence-electron chi connectivity index (χ1n) is 6.98. The number of carbonyl (C=O) groups is 1. The van der Waals surface area contributed by atoms with E-state index in [1.807, 2.05) is 0 Å². The van der Waals surface area contributed by atoms with Crippen molar-refractivity contribution in [2.24, 2.45) is 0 Å². The van der Waals surface area contributed by atoms with Gasteiger partial charge < -0.3 is 14.6 Å². The summed E-state index contributed by atoms with van der Waals surface area (Å²) >= 11 is 0. The van der Waals surface area contributed by atoms with Gasteiger partial charge in [0.15, 0.2) is 0 Å². The number of aromatic nitrogens is 3. The molecule has 0 radical (unpaired) electrons. The summed E-state index contributed by atoms with van der Waals surface area (Å²) in [5.74, 6) is -0.417. The minimum atomic E-state index is -1.05. The molecule has 1 aliphatic heterocycles. The average Bonchev–Trinajstić information content (AvgIpc) is 2.50. The van der Waals surface area contributed by atoms with Crippen molar-refractivity contribution >= 4 is 22.8 Å². The Morgan fingerprint density at radius 3 is 2.76 bits per heavy atom. The van der Waals surface area contributed by atoms with Gasteiger partial charge >= 0.3 is 5.97 Å². The fourth-order valence-corrected chi connectivity index (χ4v) is 2.58. The first-order chi connectivity index (χ1) is 10.1. The number of hydrogen-bond acceptors (Lipinski definition) is 5.